The number of nitrogens with zero attached hydrogens (tertiary/aromatic N) is 2. The predicted octanol–water partition coefficient (Wildman–Crippen LogP) is 5.10. The van der Waals surface area contributed by atoms with Crippen LogP contribution in [0.2, 0.25) is 5.02 Å². The number of esters is 1. The molecule has 0 radical (unpaired) electrons. The molecular formula is C24H19ClFN3O5. The van der Waals surface area contributed by atoms with Gasteiger partial charge in [-0.25, -0.2) is 14.2 Å². The molecule has 174 valence electrons. The Morgan fingerprint density at radius 1 is 1.15 bits per heavy atom. The summed E-state index contributed by atoms with van der Waals surface area (Å²) in [6.07, 6.45) is 0. The van der Waals surface area contributed by atoms with E-state index in [4.69, 9.17) is 25.6 Å². The Labute approximate surface area is 198 Å². The van der Waals surface area contributed by atoms with Gasteiger partial charge in [-0.1, -0.05) is 16.8 Å². The van der Waals surface area contributed by atoms with Gasteiger partial charge in [0.2, 0.25) is 0 Å². The van der Waals surface area contributed by atoms with Crippen LogP contribution in [0.1, 0.15) is 21.6 Å². The van der Waals surface area contributed by atoms with Gasteiger partial charge in [-0.15, -0.1) is 0 Å². The van der Waals surface area contributed by atoms with E-state index in [0.717, 1.165) is 5.56 Å². The summed E-state index contributed by atoms with van der Waals surface area (Å²) >= 11 is 6.09. The summed E-state index contributed by atoms with van der Waals surface area (Å²) in [5.41, 5.74) is 2.74. The first kappa shape index (κ1) is 23.2. The van der Waals surface area contributed by atoms with E-state index in [2.05, 4.69) is 15.5 Å². The molecule has 1 N–H and O–H groups in total. The minimum absolute atomic E-state index is 0.121. The molecule has 1 amide bonds. The molecule has 10 heteroatoms. The van der Waals surface area contributed by atoms with Crippen LogP contribution in [0.5, 0.6) is 5.75 Å². The number of ether oxygens (including phenoxy) is 2. The molecule has 0 saturated heterocycles. The normalized spacial score (nSPS) is 10.9. The second-order valence-electron chi connectivity index (χ2n) is 7.44. The Morgan fingerprint density at radius 3 is 2.59 bits per heavy atom. The van der Waals surface area contributed by atoms with Crippen molar-refractivity contribution in [2.75, 3.05) is 19.0 Å². The summed E-state index contributed by atoms with van der Waals surface area (Å²) in [7, 11) is 1.45. The molecular weight excluding hydrogens is 465 g/mol. The highest BCUT2D eigenvalue weighted by Crippen LogP contribution is 2.31. The summed E-state index contributed by atoms with van der Waals surface area (Å²) in [4.78, 5) is 29.7. The third kappa shape index (κ3) is 4.69. The smallest absolute Gasteiger partial charge is 0.339 e. The lowest BCUT2D eigenvalue weighted by molar-refractivity contribution is -0.119. The Balaban J connectivity index is 1.56. The number of hydrogen-bond acceptors (Lipinski definition) is 7. The molecule has 8 nitrogen and oxygen atoms in total. The fourth-order valence-electron chi connectivity index (χ4n) is 3.35. The van der Waals surface area contributed by atoms with Crippen molar-refractivity contribution in [3.05, 3.63) is 70.1 Å². The summed E-state index contributed by atoms with van der Waals surface area (Å²) in [5, 5.41) is 7.36. The number of aromatic nitrogens is 2. The van der Waals surface area contributed by atoms with Crippen molar-refractivity contribution in [2.45, 2.75) is 13.8 Å². The number of methoxy groups -OCH3 is 1. The minimum atomic E-state index is -0.767. The third-order valence-electron chi connectivity index (χ3n) is 5.07. The number of rotatable bonds is 6. The zero-order valence-corrected chi connectivity index (χ0v) is 19.2. The van der Waals surface area contributed by atoms with Crippen molar-refractivity contribution in [3.63, 3.8) is 0 Å². The number of fused-ring (bicyclic) bond motifs is 1. The molecule has 2 heterocycles. The zero-order chi connectivity index (χ0) is 24.4. The van der Waals surface area contributed by atoms with E-state index in [-0.39, 0.29) is 11.3 Å². The van der Waals surface area contributed by atoms with Crippen molar-refractivity contribution in [1.82, 2.24) is 10.1 Å². The number of aryl methyl sites for hydroxylation is 2. The van der Waals surface area contributed by atoms with Gasteiger partial charge in [0.05, 0.1) is 35.1 Å². The predicted molar refractivity (Wildman–Crippen MR) is 124 cm³/mol. The van der Waals surface area contributed by atoms with E-state index in [0.29, 0.717) is 38.8 Å². The number of carbonyl (C=O) groups excluding carboxylic acids is 2. The molecule has 2 aromatic carbocycles. The van der Waals surface area contributed by atoms with Crippen molar-refractivity contribution >= 4 is 40.3 Å². The minimum Gasteiger partial charge on any atom is -0.495 e. The number of nitrogens with one attached hydrogen (secondary N) is 1. The average molecular weight is 484 g/mol. The number of pyridine rings is 1. The van der Waals surface area contributed by atoms with Crippen LogP contribution in [0.4, 0.5) is 10.1 Å². The van der Waals surface area contributed by atoms with Gasteiger partial charge >= 0.3 is 5.97 Å². The first-order chi connectivity index (χ1) is 16.3. The molecule has 0 aliphatic heterocycles. The summed E-state index contributed by atoms with van der Waals surface area (Å²) in [6.45, 7) is 2.89. The van der Waals surface area contributed by atoms with Crippen molar-refractivity contribution < 1.29 is 28.0 Å². The maximum atomic E-state index is 13.3. The van der Waals surface area contributed by atoms with E-state index in [1.54, 1.807) is 26.0 Å². The summed E-state index contributed by atoms with van der Waals surface area (Å²) in [5.74, 6) is -1.37. The second kappa shape index (κ2) is 9.48. The Morgan fingerprint density at radius 2 is 1.88 bits per heavy atom. The molecule has 0 unspecified atom stereocenters. The molecule has 0 aliphatic carbocycles. The lowest BCUT2D eigenvalue weighted by atomic mass is 10.1. The van der Waals surface area contributed by atoms with Crippen LogP contribution in [-0.2, 0) is 9.53 Å². The average Bonchev–Trinajstić information content (AvgIpc) is 3.20. The number of amides is 1. The molecule has 4 rings (SSSR count). The van der Waals surface area contributed by atoms with Gasteiger partial charge < -0.3 is 19.3 Å². The van der Waals surface area contributed by atoms with E-state index in [1.165, 1.54) is 37.4 Å². The fourth-order valence-corrected chi connectivity index (χ4v) is 3.50. The molecule has 4 aromatic rings. The molecule has 0 saturated carbocycles. The van der Waals surface area contributed by atoms with Gasteiger partial charge in [0.1, 0.15) is 11.6 Å². The van der Waals surface area contributed by atoms with Gasteiger partial charge in [-0.3, -0.25) is 4.79 Å². The number of carbonyl (C=O) groups is 2. The van der Waals surface area contributed by atoms with Gasteiger partial charge in [-0.05, 0) is 55.8 Å². The maximum Gasteiger partial charge on any atom is 0.339 e. The van der Waals surface area contributed by atoms with Gasteiger partial charge in [-0.2, -0.15) is 0 Å². The van der Waals surface area contributed by atoms with Crippen LogP contribution in [0, 0.1) is 19.7 Å². The van der Waals surface area contributed by atoms with Gasteiger partial charge in [0.25, 0.3) is 11.6 Å². The summed E-state index contributed by atoms with van der Waals surface area (Å²) < 4.78 is 29.0. The standard InChI is InChI=1S/C24H19ClFN3O5/c1-12-8-19(20(32-3)10-17(12)25)27-21(30)11-33-24(31)16-9-18(14-4-6-15(26)7-5-14)28-23-22(16)13(2)29-34-23/h4-10H,11H2,1-3H3,(H,27,30). The Hall–Kier alpha value is -3.98. The second-order valence-corrected chi connectivity index (χ2v) is 7.84. The molecule has 0 fully saturated rings. The quantitative estimate of drug-likeness (QED) is 0.380. The van der Waals surface area contributed by atoms with Crippen molar-refractivity contribution in [1.29, 1.82) is 0 Å². The molecule has 0 spiro atoms. The molecule has 0 bridgehead atoms. The van der Waals surface area contributed by atoms with Gasteiger partial charge in [0, 0.05) is 16.7 Å². The molecule has 0 atom stereocenters. The largest absolute Gasteiger partial charge is 0.495 e. The molecule has 0 aliphatic rings. The SMILES string of the molecule is COc1cc(Cl)c(C)cc1NC(=O)COC(=O)c1cc(-c2ccc(F)cc2)nc2onc(C)c12. The fraction of sp³-hybridized carbons (Fsp3) is 0.167. The van der Waals surface area contributed by atoms with E-state index in [9.17, 15) is 14.0 Å². The van der Waals surface area contributed by atoms with E-state index >= 15 is 0 Å². The number of anilines is 1. The highest BCUT2D eigenvalue weighted by Gasteiger charge is 2.21. The molecule has 2 aromatic heterocycles. The van der Waals surface area contributed by atoms with Crippen LogP contribution in [0.25, 0.3) is 22.4 Å². The van der Waals surface area contributed by atoms with Crippen LogP contribution < -0.4 is 10.1 Å². The Kier molecular flexibility index (Phi) is 6.47. The zero-order valence-electron chi connectivity index (χ0n) is 18.4. The van der Waals surface area contributed by atoms with E-state index < -0.39 is 24.3 Å². The van der Waals surface area contributed by atoms with Crippen LogP contribution in [0.3, 0.4) is 0 Å². The Bertz CT molecular complexity index is 1400. The monoisotopic (exact) mass is 483 g/mol. The van der Waals surface area contributed by atoms with Crippen LogP contribution in [0.15, 0.2) is 47.0 Å². The highest BCUT2D eigenvalue weighted by molar-refractivity contribution is 6.31. The van der Waals surface area contributed by atoms with Crippen molar-refractivity contribution in [3.8, 4) is 17.0 Å². The van der Waals surface area contributed by atoms with E-state index in [1.807, 2.05) is 0 Å². The first-order valence-electron chi connectivity index (χ1n) is 10.1. The van der Waals surface area contributed by atoms with Gasteiger partial charge in [0.15, 0.2) is 6.61 Å². The summed E-state index contributed by atoms with van der Waals surface area (Å²) in [6, 6.07) is 10.3. The number of hydrogen-bond donors (Lipinski definition) is 1. The molecule has 34 heavy (non-hydrogen) atoms. The lowest BCUT2D eigenvalue weighted by Crippen LogP contribution is -2.21. The van der Waals surface area contributed by atoms with Crippen LogP contribution >= 0.6 is 11.6 Å². The van der Waals surface area contributed by atoms with Crippen LogP contribution in [-0.4, -0.2) is 35.7 Å². The maximum absolute atomic E-state index is 13.3. The third-order valence-corrected chi connectivity index (χ3v) is 5.47. The highest BCUT2D eigenvalue weighted by atomic mass is 35.5. The topological polar surface area (TPSA) is 104 Å². The number of benzene rings is 2. The van der Waals surface area contributed by atoms with Crippen molar-refractivity contribution in [2.24, 2.45) is 0 Å². The first-order valence-corrected chi connectivity index (χ1v) is 10.5. The number of halogens is 2. The lowest BCUT2D eigenvalue weighted by Gasteiger charge is -2.12.